The van der Waals surface area contributed by atoms with Crippen LogP contribution in [0.5, 0.6) is 0 Å². The number of pyridine rings is 2. The van der Waals surface area contributed by atoms with E-state index in [4.69, 9.17) is 10.5 Å². The second kappa shape index (κ2) is 7.12. The first-order valence-electron chi connectivity index (χ1n) is 10.0. The van der Waals surface area contributed by atoms with Crippen LogP contribution < -0.4 is 15.6 Å². The summed E-state index contributed by atoms with van der Waals surface area (Å²) in [6.07, 6.45) is 0.0425. The third kappa shape index (κ3) is 2.94. The third-order valence-electron chi connectivity index (χ3n) is 6.11. The molecule has 2 amide bonds. The number of hydrogen-bond acceptors (Lipinski definition) is 8. The van der Waals surface area contributed by atoms with E-state index >= 15 is 0 Å². The topological polar surface area (TPSA) is 162 Å². The number of nitrogens with zero attached hydrogens (tertiary/aromatic N) is 3. The molecule has 2 aliphatic rings. The number of anilines is 1. The van der Waals surface area contributed by atoms with E-state index in [1.54, 1.807) is 25.1 Å². The summed E-state index contributed by atoms with van der Waals surface area (Å²) in [5.41, 5.74) is 5.54. The van der Waals surface area contributed by atoms with Gasteiger partial charge >= 0.3 is 12.0 Å². The lowest BCUT2D eigenvalue weighted by molar-refractivity contribution is -0.172. The van der Waals surface area contributed by atoms with Crippen molar-refractivity contribution >= 4 is 39.5 Å². The largest absolute Gasteiger partial charge is 0.458 e. The van der Waals surface area contributed by atoms with Crippen LogP contribution in [0.2, 0.25) is 0 Å². The van der Waals surface area contributed by atoms with Gasteiger partial charge in [0, 0.05) is 16.5 Å². The lowest BCUT2D eigenvalue weighted by Gasteiger charge is -2.31. The Morgan fingerprint density at radius 3 is 2.73 bits per heavy atom. The van der Waals surface area contributed by atoms with E-state index < -0.39 is 28.5 Å². The van der Waals surface area contributed by atoms with Crippen LogP contribution in [0.4, 0.5) is 10.5 Å². The second-order valence-electron chi connectivity index (χ2n) is 7.86. The number of fused-ring (bicyclic) bond motifs is 5. The predicted molar refractivity (Wildman–Crippen MR) is 117 cm³/mol. The van der Waals surface area contributed by atoms with Gasteiger partial charge in [-0.1, -0.05) is 6.92 Å². The Morgan fingerprint density at radius 2 is 2.06 bits per heavy atom. The molecule has 33 heavy (non-hydrogen) atoms. The number of aromatic nitrogens is 2. The summed E-state index contributed by atoms with van der Waals surface area (Å²) in [7, 11) is -3.27. The van der Waals surface area contributed by atoms with E-state index in [-0.39, 0.29) is 41.9 Å². The fourth-order valence-corrected chi connectivity index (χ4v) is 4.88. The van der Waals surface area contributed by atoms with Crippen molar-refractivity contribution in [3.05, 3.63) is 57.4 Å². The van der Waals surface area contributed by atoms with Gasteiger partial charge < -0.3 is 20.1 Å². The van der Waals surface area contributed by atoms with Gasteiger partial charge in [0.15, 0.2) is 5.60 Å². The minimum Gasteiger partial charge on any atom is -0.458 e. The Kier molecular flexibility index (Phi) is 4.55. The summed E-state index contributed by atoms with van der Waals surface area (Å²) in [6, 6.07) is 6.63. The maximum absolute atomic E-state index is 13.2. The number of carbonyl (C=O) groups is 2. The molecule has 12 heteroatoms. The molecule has 0 fully saturated rings. The molecule has 170 valence electrons. The molecule has 2 aliphatic heterocycles. The Labute approximate surface area is 188 Å². The zero-order valence-corrected chi connectivity index (χ0v) is 18.2. The van der Waals surface area contributed by atoms with Gasteiger partial charge in [0.05, 0.1) is 34.7 Å². The number of nitrogens with two attached hydrogens (primary N) is 1. The second-order valence-corrected chi connectivity index (χ2v) is 8.74. The zero-order valence-electron chi connectivity index (χ0n) is 17.3. The van der Waals surface area contributed by atoms with Gasteiger partial charge in [0.25, 0.3) is 5.56 Å². The number of amides is 2. The molecule has 0 bridgehead atoms. The molecule has 5 rings (SSSR count). The molecule has 0 saturated carbocycles. The number of esters is 1. The maximum atomic E-state index is 13.2. The Morgan fingerprint density at radius 1 is 1.30 bits per heavy atom. The standard InChI is InChI=1S/C21H18N4O7S/c1-2-21(29)14-7-16-17-11(8-24(16)18(26)13(14)9-32-19(21)27)5-10-6-12(3-4-15(10)23-17)25(20(22)28)33(30)31/h3-7,29,33H,2,8-9H2,1H3,(H2,22,28)/t21-/m0/s1. The average Bonchev–Trinajstić information content (AvgIpc) is 3.12. The van der Waals surface area contributed by atoms with Gasteiger partial charge in [-0.3, -0.25) is 4.79 Å². The number of thiol groups is 1. The fraction of sp³-hybridized carbons (Fsp3) is 0.238. The molecule has 1 aromatic carbocycles. The molecule has 3 N–H and O–H groups in total. The Bertz CT molecular complexity index is 1520. The summed E-state index contributed by atoms with van der Waals surface area (Å²) >= 11 is 0. The van der Waals surface area contributed by atoms with Crippen molar-refractivity contribution in [2.24, 2.45) is 5.73 Å². The van der Waals surface area contributed by atoms with Crippen LogP contribution in [0, 0.1) is 0 Å². The summed E-state index contributed by atoms with van der Waals surface area (Å²) in [5.74, 6) is -0.796. The minimum atomic E-state index is -3.27. The fourth-order valence-electron chi connectivity index (χ4n) is 4.41. The van der Waals surface area contributed by atoms with E-state index in [1.807, 2.05) is 0 Å². The number of urea groups is 1. The van der Waals surface area contributed by atoms with E-state index in [1.165, 1.54) is 16.7 Å². The van der Waals surface area contributed by atoms with Gasteiger partial charge in [-0.2, -0.15) is 4.31 Å². The highest BCUT2D eigenvalue weighted by atomic mass is 32.2. The number of hydrogen-bond donors (Lipinski definition) is 3. The van der Waals surface area contributed by atoms with Crippen LogP contribution in [0.1, 0.15) is 30.0 Å². The molecule has 0 unspecified atom stereocenters. The lowest BCUT2D eigenvalue weighted by Crippen LogP contribution is -2.44. The summed E-state index contributed by atoms with van der Waals surface area (Å²) < 4.78 is 29.9. The number of primary amides is 1. The van der Waals surface area contributed by atoms with E-state index in [9.17, 15) is 27.9 Å². The summed E-state index contributed by atoms with van der Waals surface area (Å²) in [4.78, 5) is 41.6. The number of aliphatic hydroxyl groups is 1. The first-order chi connectivity index (χ1) is 15.7. The zero-order chi connectivity index (χ0) is 23.7. The van der Waals surface area contributed by atoms with Crippen molar-refractivity contribution < 1.29 is 27.9 Å². The molecule has 11 nitrogen and oxygen atoms in total. The monoisotopic (exact) mass is 470 g/mol. The highest BCUT2D eigenvalue weighted by Gasteiger charge is 2.45. The normalized spacial score (nSPS) is 18.6. The van der Waals surface area contributed by atoms with Crippen LogP contribution in [0.15, 0.2) is 35.1 Å². The molecule has 0 radical (unpaired) electrons. The van der Waals surface area contributed by atoms with Gasteiger partial charge in [-0.15, -0.1) is 0 Å². The first kappa shape index (κ1) is 21.1. The van der Waals surface area contributed by atoms with Gasteiger partial charge in [-0.25, -0.2) is 23.0 Å². The van der Waals surface area contributed by atoms with Crippen molar-refractivity contribution in [2.45, 2.75) is 32.1 Å². The van der Waals surface area contributed by atoms with Crippen molar-refractivity contribution in [3.8, 4) is 11.4 Å². The quantitative estimate of drug-likeness (QED) is 0.288. The minimum absolute atomic E-state index is 0.0425. The van der Waals surface area contributed by atoms with Crippen LogP contribution in [0.3, 0.4) is 0 Å². The van der Waals surface area contributed by atoms with Crippen molar-refractivity contribution in [1.82, 2.24) is 9.55 Å². The molecule has 4 heterocycles. The van der Waals surface area contributed by atoms with Crippen molar-refractivity contribution in [3.63, 3.8) is 0 Å². The highest BCUT2D eigenvalue weighted by Crippen LogP contribution is 2.38. The molecular formula is C21H18N4O7S. The van der Waals surface area contributed by atoms with Crippen molar-refractivity contribution in [2.75, 3.05) is 4.31 Å². The van der Waals surface area contributed by atoms with Crippen molar-refractivity contribution in [1.29, 1.82) is 0 Å². The van der Waals surface area contributed by atoms with E-state index in [0.29, 0.717) is 32.2 Å². The number of benzene rings is 1. The van der Waals surface area contributed by atoms with Crippen LogP contribution in [-0.4, -0.2) is 35.1 Å². The number of cyclic esters (lactones) is 1. The van der Waals surface area contributed by atoms with Crippen LogP contribution in [0.25, 0.3) is 22.3 Å². The molecule has 0 saturated heterocycles. The number of carbonyl (C=O) groups excluding carboxylic acids is 2. The molecule has 1 atom stereocenters. The predicted octanol–water partition coefficient (Wildman–Crippen LogP) is 0.491. The van der Waals surface area contributed by atoms with Gasteiger partial charge in [-0.05, 0) is 36.8 Å². The van der Waals surface area contributed by atoms with E-state index in [0.717, 1.165) is 0 Å². The Hall–Kier alpha value is -3.77. The average molecular weight is 470 g/mol. The maximum Gasteiger partial charge on any atom is 0.343 e. The number of rotatable bonds is 3. The highest BCUT2D eigenvalue weighted by molar-refractivity contribution is 7.75. The SMILES string of the molecule is CC[C@@]1(O)C(=O)OCc2c1cc1n(c2=O)Cc2cc3cc(N(C(N)=O)[SH](=O)=O)ccc3nc2-1. The lowest BCUT2D eigenvalue weighted by atomic mass is 9.86. The van der Waals surface area contributed by atoms with Crippen LogP contribution >= 0.6 is 0 Å². The summed E-state index contributed by atoms with van der Waals surface area (Å²) in [5, 5.41) is 11.5. The van der Waals surface area contributed by atoms with Gasteiger partial charge in [0.1, 0.15) is 6.61 Å². The number of ether oxygens (including phenoxy) is 1. The van der Waals surface area contributed by atoms with Gasteiger partial charge in [0.2, 0.25) is 10.9 Å². The molecule has 3 aromatic rings. The Balaban J connectivity index is 1.69. The molecule has 0 aliphatic carbocycles. The molecule has 2 aromatic heterocycles. The molecule has 0 spiro atoms. The van der Waals surface area contributed by atoms with E-state index in [2.05, 4.69) is 4.98 Å². The molecular weight excluding hydrogens is 452 g/mol. The first-order valence-corrected chi connectivity index (χ1v) is 11.1. The third-order valence-corrected chi connectivity index (χ3v) is 6.86. The van der Waals surface area contributed by atoms with Crippen LogP contribution in [-0.2, 0) is 39.2 Å². The smallest absolute Gasteiger partial charge is 0.343 e. The summed E-state index contributed by atoms with van der Waals surface area (Å²) in [6.45, 7) is 1.60.